The molecule has 0 atom stereocenters. The molecule has 0 bridgehead atoms. The Bertz CT molecular complexity index is 1240. The molecule has 0 saturated carbocycles. The summed E-state index contributed by atoms with van der Waals surface area (Å²) in [5.74, 6) is 1.04. The van der Waals surface area contributed by atoms with Gasteiger partial charge in [-0.2, -0.15) is 9.90 Å². The van der Waals surface area contributed by atoms with E-state index in [0.717, 1.165) is 22.6 Å². The minimum atomic E-state index is -1.11. The van der Waals surface area contributed by atoms with Crippen LogP contribution in [0.5, 0.6) is 5.75 Å². The van der Waals surface area contributed by atoms with Crippen molar-refractivity contribution in [1.82, 2.24) is 20.0 Å². The smallest absolute Gasteiger partial charge is 0.358 e. The minimum Gasteiger partial charge on any atom is -0.493 e. The van der Waals surface area contributed by atoms with Crippen molar-refractivity contribution >= 4 is 5.97 Å². The van der Waals surface area contributed by atoms with Gasteiger partial charge in [-0.15, -0.1) is 5.10 Å². The quantitative estimate of drug-likeness (QED) is 0.447. The van der Waals surface area contributed by atoms with E-state index in [1.807, 2.05) is 69.3 Å². The van der Waals surface area contributed by atoms with Crippen molar-refractivity contribution in [3.8, 4) is 11.4 Å². The summed E-state index contributed by atoms with van der Waals surface area (Å²) < 4.78 is 11.3. The van der Waals surface area contributed by atoms with Crippen LogP contribution in [0.2, 0.25) is 0 Å². The van der Waals surface area contributed by atoms with Gasteiger partial charge in [0.1, 0.15) is 17.2 Å². The van der Waals surface area contributed by atoms with Gasteiger partial charge in [-0.3, -0.25) is 0 Å². The Kier molecular flexibility index (Phi) is 6.02. The van der Waals surface area contributed by atoms with Gasteiger partial charge in [-0.1, -0.05) is 29.8 Å². The van der Waals surface area contributed by atoms with Gasteiger partial charge in [0.25, 0.3) is 0 Å². The van der Waals surface area contributed by atoms with Crippen LogP contribution < -0.4 is 4.74 Å². The first kappa shape index (κ1) is 21.3. The SMILES string of the molecule is Cc1ccc(-n2nc(Cc3cccc(OCCc4nc(C)oc4C)c3)c(C(=O)O)n2)cc1. The fraction of sp³-hybridized carbons (Fsp3) is 0.250. The minimum absolute atomic E-state index is 0.0613. The van der Waals surface area contributed by atoms with Crippen molar-refractivity contribution in [3.63, 3.8) is 0 Å². The van der Waals surface area contributed by atoms with Crippen LogP contribution in [-0.4, -0.2) is 37.7 Å². The fourth-order valence-corrected chi connectivity index (χ4v) is 3.42. The summed E-state index contributed by atoms with van der Waals surface area (Å²) in [5.41, 5.74) is 3.91. The Morgan fingerprint density at radius 1 is 1.06 bits per heavy atom. The third kappa shape index (κ3) is 4.85. The Morgan fingerprint density at radius 2 is 1.84 bits per heavy atom. The molecule has 8 heteroatoms. The van der Waals surface area contributed by atoms with Gasteiger partial charge >= 0.3 is 5.97 Å². The van der Waals surface area contributed by atoms with E-state index in [1.54, 1.807) is 0 Å². The first-order valence-corrected chi connectivity index (χ1v) is 10.3. The summed E-state index contributed by atoms with van der Waals surface area (Å²) in [7, 11) is 0. The molecule has 0 aliphatic carbocycles. The van der Waals surface area contributed by atoms with E-state index < -0.39 is 5.97 Å². The molecule has 0 spiro atoms. The predicted molar refractivity (Wildman–Crippen MR) is 117 cm³/mol. The van der Waals surface area contributed by atoms with Crippen LogP contribution in [-0.2, 0) is 12.8 Å². The number of ether oxygens (including phenoxy) is 1. The zero-order valence-corrected chi connectivity index (χ0v) is 18.2. The summed E-state index contributed by atoms with van der Waals surface area (Å²) >= 11 is 0. The average Bonchev–Trinajstić information content (AvgIpc) is 3.31. The number of oxazole rings is 1. The molecule has 1 N–H and O–H groups in total. The number of carboxylic acid groups (broad SMARTS) is 1. The van der Waals surface area contributed by atoms with Crippen LogP contribution in [0.1, 0.15) is 44.7 Å². The summed E-state index contributed by atoms with van der Waals surface area (Å²) in [4.78, 5) is 17.4. The van der Waals surface area contributed by atoms with E-state index in [4.69, 9.17) is 9.15 Å². The molecule has 8 nitrogen and oxygen atoms in total. The zero-order valence-electron chi connectivity index (χ0n) is 18.2. The predicted octanol–water partition coefficient (Wildman–Crippen LogP) is 4.09. The lowest BCUT2D eigenvalue weighted by atomic mass is 10.1. The molecule has 0 amide bonds. The number of hydrogen-bond acceptors (Lipinski definition) is 6. The summed E-state index contributed by atoms with van der Waals surface area (Å²) in [5, 5.41) is 18.2. The van der Waals surface area contributed by atoms with Gasteiger partial charge in [-0.05, 0) is 43.7 Å². The van der Waals surface area contributed by atoms with E-state index in [9.17, 15) is 9.90 Å². The number of benzene rings is 2. The summed E-state index contributed by atoms with van der Waals surface area (Å²) in [6, 6.07) is 15.1. The molecule has 4 rings (SSSR count). The highest BCUT2D eigenvalue weighted by Crippen LogP contribution is 2.19. The standard InChI is InChI=1S/C24H24N4O4/c1-15-7-9-19(10-8-15)28-26-22(23(27-28)24(29)30)14-18-5-4-6-20(13-18)31-12-11-21-16(2)32-17(3)25-21/h4-10,13H,11-12,14H2,1-3H3,(H,29,30). The van der Waals surface area contributed by atoms with E-state index in [1.165, 1.54) is 4.80 Å². The van der Waals surface area contributed by atoms with Crippen LogP contribution in [0.3, 0.4) is 0 Å². The zero-order chi connectivity index (χ0) is 22.7. The largest absolute Gasteiger partial charge is 0.493 e. The van der Waals surface area contributed by atoms with Gasteiger partial charge in [0.05, 0.1) is 18.0 Å². The fourth-order valence-electron chi connectivity index (χ4n) is 3.42. The van der Waals surface area contributed by atoms with Crippen molar-refractivity contribution in [3.05, 3.63) is 88.4 Å². The molecule has 0 aliphatic rings. The molecule has 2 aromatic carbocycles. The Balaban J connectivity index is 1.48. The van der Waals surface area contributed by atoms with Gasteiger partial charge in [-0.25, -0.2) is 9.78 Å². The third-order valence-electron chi connectivity index (χ3n) is 5.03. The molecule has 2 aromatic heterocycles. The second-order valence-corrected chi connectivity index (χ2v) is 7.58. The van der Waals surface area contributed by atoms with Crippen molar-refractivity contribution in [1.29, 1.82) is 0 Å². The second-order valence-electron chi connectivity index (χ2n) is 7.58. The number of carbonyl (C=O) groups is 1. The molecule has 32 heavy (non-hydrogen) atoms. The second kappa shape index (κ2) is 9.05. The highest BCUT2D eigenvalue weighted by atomic mass is 16.5. The number of aromatic carboxylic acids is 1. The first-order valence-electron chi connectivity index (χ1n) is 10.3. The van der Waals surface area contributed by atoms with Gasteiger partial charge in [0.15, 0.2) is 11.6 Å². The molecule has 0 unspecified atom stereocenters. The number of carboxylic acids is 1. The van der Waals surface area contributed by atoms with Crippen LogP contribution in [0.15, 0.2) is 52.9 Å². The Morgan fingerprint density at radius 3 is 2.53 bits per heavy atom. The lowest BCUT2D eigenvalue weighted by Gasteiger charge is -2.07. The topological polar surface area (TPSA) is 103 Å². The molecule has 164 valence electrons. The monoisotopic (exact) mass is 432 g/mol. The van der Waals surface area contributed by atoms with Gasteiger partial charge < -0.3 is 14.3 Å². The maximum absolute atomic E-state index is 11.7. The number of rotatable bonds is 8. The number of aryl methyl sites for hydroxylation is 3. The Labute approximate surface area is 185 Å². The summed E-state index contributed by atoms with van der Waals surface area (Å²) in [6.45, 7) is 6.15. The first-order chi connectivity index (χ1) is 15.4. The maximum Gasteiger partial charge on any atom is 0.358 e. The Hall–Kier alpha value is -3.94. The van der Waals surface area contributed by atoms with Crippen LogP contribution in [0.25, 0.3) is 5.69 Å². The molecular weight excluding hydrogens is 408 g/mol. The number of hydrogen-bond donors (Lipinski definition) is 1. The van der Waals surface area contributed by atoms with Crippen LogP contribution >= 0.6 is 0 Å². The molecule has 0 radical (unpaired) electrons. The molecule has 0 fully saturated rings. The number of aromatic nitrogens is 4. The van der Waals surface area contributed by atoms with E-state index in [2.05, 4.69) is 15.2 Å². The molecule has 2 heterocycles. The lowest BCUT2D eigenvalue weighted by Crippen LogP contribution is -2.04. The molecular formula is C24H24N4O4. The van der Waals surface area contributed by atoms with Gasteiger partial charge in [0, 0.05) is 19.8 Å². The van der Waals surface area contributed by atoms with E-state index in [-0.39, 0.29) is 5.69 Å². The van der Waals surface area contributed by atoms with Crippen LogP contribution in [0, 0.1) is 20.8 Å². The van der Waals surface area contributed by atoms with E-state index >= 15 is 0 Å². The normalized spacial score (nSPS) is 11.0. The summed E-state index contributed by atoms with van der Waals surface area (Å²) in [6.07, 6.45) is 0.966. The van der Waals surface area contributed by atoms with Crippen molar-refractivity contribution < 1.29 is 19.1 Å². The van der Waals surface area contributed by atoms with E-state index in [0.29, 0.717) is 42.5 Å². The highest BCUT2D eigenvalue weighted by molar-refractivity contribution is 5.86. The molecule has 0 aliphatic heterocycles. The number of nitrogens with zero attached hydrogens (tertiary/aromatic N) is 4. The van der Waals surface area contributed by atoms with Gasteiger partial charge in [0.2, 0.25) is 0 Å². The maximum atomic E-state index is 11.7. The third-order valence-corrected chi connectivity index (χ3v) is 5.03. The van der Waals surface area contributed by atoms with Crippen molar-refractivity contribution in [2.45, 2.75) is 33.6 Å². The highest BCUT2D eigenvalue weighted by Gasteiger charge is 2.19. The van der Waals surface area contributed by atoms with Crippen molar-refractivity contribution in [2.24, 2.45) is 0 Å². The van der Waals surface area contributed by atoms with Crippen molar-refractivity contribution in [2.75, 3.05) is 6.61 Å². The lowest BCUT2D eigenvalue weighted by molar-refractivity contribution is 0.0689. The average molecular weight is 432 g/mol. The molecule has 4 aromatic rings. The van der Waals surface area contributed by atoms with Crippen LogP contribution in [0.4, 0.5) is 0 Å². The molecule has 0 saturated heterocycles.